The van der Waals surface area contributed by atoms with Gasteiger partial charge in [0.05, 0.1) is 12.4 Å². The Kier molecular flexibility index (Phi) is 7.99. The first-order valence-corrected chi connectivity index (χ1v) is 11.4. The van der Waals surface area contributed by atoms with Crippen LogP contribution in [0.15, 0.2) is 79.1 Å². The number of carboxylic acids is 1. The number of aromatic nitrogens is 2. The van der Waals surface area contributed by atoms with E-state index in [9.17, 15) is 9.59 Å². The fourth-order valence-corrected chi connectivity index (χ4v) is 3.49. The molecule has 4 aromatic rings. The predicted octanol–water partition coefficient (Wildman–Crippen LogP) is 5.89. The molecule has 0 radical (unpaired) electrons. The molecule has 36 heavy (non-hydrogen) atoms. The quantitative estimate of drug-likeness (QED) is 0.281. The fraction of sp³-hybridized carbons (Fsp3) is 0.0769. The van der Waals surface area contributed by atoms with Crippen molar-refractivity contribution in [1.29, 1.82) is 0 Å². The Morgan fingerprint density at radius 2 is 1.36 bits per heavy atom. The van der Waals surface area contributed by atoms with Crippen molar-refractivity contribution in [2.24, 2.45) is 0 Å². The van der Waals surface area contributed by atoms with Gasteiger partial charge in [0.15, 0.2) is 11.5 Å². The molecule has 0 aliphatic carbocycles. The van der Waals surface area contributed by atoms with Crippen molar-refractivity contribution in [2.75, 3.05) is 5.32 Å². The maximum absolute atomic E-state index is 12.9. The van der Waals surface area contributed by atoms with Crippen molar-refractivity contribution in [3.63, 3.8) is 0 Å². The van der Waals surface area contributed by atoms with Gasteiger partial charge in [-0.05, 0) is 24.3 Å². The summed E-state index contributed by atoms with van der Waals surface area (Å²) in [5.74, 6) is -0.888. The van der Waals surface area contributed by atoms with E-state index in [4.69, 9.17) is 37.8 Å². The number of benzene rings is 3. The minimum absolute atomic E-state index is 0.0888. The van der Waals surface area contributed by atoms with Gasteiger partial charge in [-0.15, -0.1) is 0 Å². The maximum atomic E-state index is 12.9. The lowest BCUT2D eigenvalue weighted by atomic mass is 10.1. The van der Waals surface area contributed by atoms with E-state index in [1.54, 1.807) is 30.3 Å². The number of rotatable bonds is 9. The van der Waals surface area contributed by atoms with Crippen molar-refractivity contribution in [2.45, 2.75) is 13.2 Å². The van der Waals surface area contributed by atoms with Crippen molar-refractivity contribution in [1.82, 2.24) is 9.97 Å². The maximum Gasteiger partial charge on any atom is 0.356 e. The molecule has 0 saturated heterocycles. The fourth-order valence-electron chi connectivity index (χ4n) is 3.11. The Balaban J connectivity index is 1.56. The van der Waals surface area contributed by atoms with Gasteiger partial charge in [0.2, 0.25) is 0 Å². The molecule has 0 atom stereocenters. The smallest absolute Gasteiger partial charge is 0.356 e. The van der Waals surface area contributed by atoms with E-state index < -0.39 is 11.9 Å². The van der Waals surface area contributed by atoms with Crippen molar-refractivity contribution < 1.29 is 24.2 Å². The second-order valence-corrected chi connectivity index (χ2v) is 8.31. The minimum Gasteiger partial charge on any atom is -0.489 e. The van der Waals surface area contributed by atoms with Gasteiger partial charge in [-0.3, -0.25) is 4.79 Å². The van der Waals surface area contributed by atoms with Gasteiger partial charge in [-0.25, -0.2) is 14.8 Å². The van der Waals surface area contributed by atoms with E-state index in [0.29, 0.717) is 21.5 Å². The van der Waals surface area contributed by atoms with Gasteiger partial charge >= 0.3 is 5.97 Å². The highest BCUT2D eigenvalue weighted by atomic mass is 35.5. The summed E-state index contributed by atoms with van der Waals surface area (Å²) in [6.45, 7) is 0.355. The first kappa shape index (κ1) is 25.0. The zero-order valence-electron chi connectivity index (χ0n) is 18.7. The van der Waals surface area contributed by atoms with Crippen LogP contribution in [0.2, 0.25) is 10.0 Å². The van der Waals surface area contributed by atoms with Gasteiger partial charge in [0.1, 0.15) is 24.7 Å². The van der Waals surface area contributed by atoms with E-state index in [1.807, 2.05) is 36.4 Å². The molecule has 0 aliphatic rings. The standard InChI is InChI=1S/C26H19Cl2N3O5/c27-21-7-3-1-5-16(21)14-35-19-9-18(25(32)31-24-13-29-23(12-30-24)26(33)34)10-20(11-19)36-15-17-6-2-4-8-22(17)28/h1-13H,14-15H2,(H,33,34)(H,30,31,32). The van der Waals surface area contributed by atoms with Crippen LogP contribution in [0, 0.1) is 0 Å². The van der Waals surface area contributed by atoms with E-state index in [2.05, 4.69) is 15.3 Å². The van der Waals surface area contributed by atoms with Crippen LogP contribution in [0.3, 0.4) is 0 Å². The molecule has 1 aromatic heterocycles. The molecule has 0 unspecified atom stereocenters. The number of nitrogens with one attached hydrogen (secondary N) is 1. The van der Waals surface area contributed by atoms with Crippen molar-refractivity contribution in [3.05, 3.63) is 112 Å². The van der Waals surface area contributed by atoms with Crippen LogP contribution in [0.1, 0.15) is 32.0 Å². The number of anilines is 1. The molecule has 0 saturated carbocycles. The van der Waals surface area contributed by atoms with Crippen LogP contribution in [-0.4, -0.2) is 27.0 Å². The summed E-state index contributed by atoms with van der Waals surface area (Å²) in [6.07, 6.45) is 2.22. The molecule has 1 heterocycles. The Labute approximate surface area is 216 Å². The zero-order chi connectivity index (χ0) is 25.5. The van der Waals surface area contributed by atoms with Crippen LogP contribution in [0.4, 0.5) is 5.82 Å². The third-order valence-electron chi connectivity index (χ3n) is 4.96. The van der Waals surface area contributed by atoms with Gasteiger partial charge in [-0.1, -0.05) is 59.6 Å². The molecule has 10 heteroatoms. The summed E-state index contributed by atoms with van der Waals surface area (Å²) in [4.78, 5) is 31.6. The van der Waals surface area contributed by atoms with Crippen molar-refractivity contribution >= 4 is 40.9 Å². The Hall–Kier alpha value is -4.14. The normalized spacial score (nSPS) is 10.5. The SMILES string of the molecule is O=C(Nc1cnc(C(=O)O)cn1)c1cc(OCc2ccccc2Cl)cc(OCc2ccccc2Cl)c1. The Morgan fingerprint density at radius 3 is 1.83 bits per heavy atom. The molecule has 0 aliphatic heterocycles. The molecular weight excluding hydrogens is 505 g/mol. The van der Waals surface area contributed by atoms with Gasteiger partial charge < -0.3 is 19.9 Å². The van der Waals surface area contributed by atoms with Crippen LogP contribution in [-0.2, 0) is 13.2 Å². The highest BCUT2D eigenvalue weighted by molar-refractivity contribution is 6.31. The van der Waals surface area contributed by atoms with E-state index in [1.165, 1.54) is 0 Å². The lowest BCUT2D eigenvalue weighted by molar-refractivity contribution is 0.0690. The molecule has 0 spiro atoms. The lowest BCUT2D eigenvalue weighted by Crippen LogP contribution is -2.14. The van der Waals surface area contributed by atoms with E-state index in [0.717, 1.165) is 23.5 Å². The third kappa shape index (κ3) is 6.50. The summed E-state index contributed by atoms with van der Waals surface area (Å²) in [5, 5.41) is 12.7. The Bertz CT molecular complexity index is 1330. The molecule has 182 valence electrons. The first-order chi connectivity index (χ1) is 17.4. The Morgan fingerprint density at radius 1 is 0.806 bits per heavy atom. The second kappa shape index (κ2) is 11.5. The molecule has 0 fully saturated rings. The molecule has 8 nitrogen and oxygen atoms in total. The summed E-state index contributed by atoms with van der Waals surface area (Å²) in [6, 6.07) is 19.3. The number of aromatic carboxylic acids is 1. The monoisotopic (exact) mass is 523 g/mol. The number of hydrogen-bond donors (Lipinski definition) is 2. The number of halogens is 2. The summed E-state index contributed by atoms with van der Waals surface area (Å²) >= 11 is 12.5. The molecule has 4 rings (SSSR count). The predicted molar refractivity (Wildman–Crippen MR) is 135 cm³/mol. The summed E-state index contributed by atoms with van der Waals surface area (Å²) in [5.41, 5.74) is 1.55. The average molecular weight is 524 g/mol. The van der Waals surface area contributed by atoms with Crippen LogP contribution < -0.4 is 14.8 Å². The summed E-state index contributed by atoms with van der Waals surface area (Å²) in [7, 11) is 0. The van der Waals surface area contributed by atoms with Crippen LogP contribution >= 0.6 is 23.2 Å². The zero-order valence-corrected chi connectivity index (χ0v) is 20.2. The molecule has 0 bridgehead atoms. The minimum atomic E-state index is -1.22. The number of hydrogen-bond acceptors (Lipinski definition) is 6. The number of carboxylic acid groups (broad SMARTS) is 1. The molecule has 2 N–H and O–H groups in total. The average Bonchev–Trinajstić information content (AvgIpc) is 2.88. The van der Waals surface area contributed by atoms with E-state index >= 15 is 0 Å². The topological polar surface area (TPSA) is 111 Å². The third-order valence-corrected chi connectivity index (χ3v) is 5.70. The molecule has 3 aromatic carbocycles. The van der Waals surface area contributed by atoms with E-state index in [-0.39, 0.29) is 30.3 Å². The molecule has 1 amide bonds. The lowest BCUT2D eigenvalue weighted by Gasteiger charge is -2.13. The molecular formula is C26H19Cl2N3O5. The van der Waals surface area contributed by atoms with Crippen LogP contribution in [0.25, 0.3) is 0 Å². The largest absolute Gasteiger partial charge is 0.489 e. The number of carbonyl (C=O) groups is 2. The second-order valence-electron chi connectivity index (χ2n) is 7.50. The van der Waals surface area contributed by atoms with Gasteiger partial charge in [0.25, 0.3) is 5.91 Å². The van der Waals surface area contributed by atoms with Crippen LogP contribution in [0.5, 0.6) is 11.5 Å². The number of carbonyl (C=O) groups excluding carboxylic acids is 1. The van der Waals surface area contributed by atoms with Gasteiger partial charge in [-0.2, -0.15) is 0 Å². The van der Waals surface area contributed by atoms with Gasteiger partial charge in [0, 0.05) is 32.8 Å². The highest BCUT2D eigenvalue weighted by Crippen LogP contribution is 2.27. The first-order valence-electron chi connectivity index (χ1n) is 10.6. The number of nitrogens with zero attached hydrogens (tertiary/aromatic N) is 2. The van der Waals surface area contributed by atoms with Crippen molar-refractivity contribution in [3.8, 4) is 11.5 Å². The number of ether oxygens (including phenoxy) is 2. The highest BCUT2D eigenvalue weighted by Gasteiger charge is 2.14. The number of amides is 1. The summed E-state index contributed by atoms with van der Waals surface area (Å²) < 4.78 is 11.8.